The summed E-state index contributed by atoms with van der Waals surface area (Å²) in [5, 5.41) is 9.60. The van der Waals surface area contributed by atoms with Crippen LogP contribution in [0.4, 0.5) is 5.82 Å². The van der Waals surface area contributed by atoms with E-state index in [1.165, 1.54) is 18.5 Å². The van der Waals surface area contributed by atoms with Crippen LogP contribution >= 0.6 is 11.6 Å². The minimum atomic E-state index is -4.03. The lowest BCUT2D eigenvalue weighted by Crippen LogP contribution is -2.43. The van der Waals surface area contributed by atoms with Gasteiger partial charge in [0.2, 0.25) is 5.88 Å². The summed E-state index contributed by atoms with van der Waals surface area (Å²) >= 11 is 6.42. The molecule has 1 aliphatic rings. The molecule has 15 heteroatoms. The number of rotatable bonds is 9. The minimum absolute atomic E-state index is 0.139. The van der Waals surface area contributed by atoms with Gasteiger partial charge >= 0.3 is 10.2 Å². The van der Waals surface area contributed by atoms with E-state index in [-0.39, 0.29) is 35.4 Å². The Morgan fingerprint density at radius 1 is 1.02 bits per heavy atom. The first-order valence-electron chi connectivity index (χ1n) is 12.5. The number of para-hydroxylation sites is 1. The lowest BCUT2D eigenvalue weighted by Gasteiger charge is -2.28. The number of halogens is 1. The summed E-state index contributed by atoms with van der Waals surface area (Å²) < 4.78 is 48.5. The van der Waals surface area contributed by atoms with Crippen molar-refractivity contribution >= 4 is 38.9 Å². The summed E-state index contributed by atoms with van der Waals surface area (Å²) in [4.78, 5) is 18.2. The molecule has 5 rings (SSSR count). The van der Waals surface area contributed by atoms with Gasteiger partial charge in [0.25, 0.3) is 0 Å². The summed E-state index contributed by atoms with van der Waals surface area (Å²) in [7, 11) is -1.00. The van der Waals surface area contributed by atoms with Gasteiger partial charge in [0.05, 0.1) is 26.9 Å². The Kier molecular flexibility index (Phi) is 7.94. The molecule has 4 aromatic rings. The van der Waals surface area contributed by atoms with Crippen LogP contribution < -0.4 is 18.9 Å². The lowest BCUT2D eigenvalue weighted by atomic mass is 10.1. The summed E-state index contributed by atoms with van der Waals surface area (Å²) in [6, 6.07) is 10.5. The van der Waals surface area contributed by atoms with E-state index < -0.39 is 16.3 Å². The van der Waals surface area contributed by atoms with Crippen LogP contribution in [0.25, 0.3) is 28.5 Å². The minimum Gasteiger partial charge on any atom is -0.494 e. The Morgan fingerprint density at radius 2 is 1.70 bits per heavy atom. The molecule has 0 spiro atoms. The molecule has 1 aromatic carbocycles. The first-order chi connectivity index (χ1) is 19.2. The summed E-state index contributed by atoms with van der Waals surface area (Å²) in [6.07, 6.45) is 0.123. The third-order valence-corrected chi connectivity index (χ3v) is 8.07. The predicted octanol–water partition coefficient (Wildman–Crippen LogP) is 3.06. The molecule has 1 saturated heterocycles. The van der Waals surface area contributed by atoms with Crippen LogP contribution in [0.3, 0.4) is 0 Å². The number of pyridine rings is 1. The Labute approximate surface area is 235 Å². The number of methoxy groups -OCH3 is 2. The van der Waals surface area contributed by atoms with E-state index in [9.17, 15) is 13.5 Å². The van der Waals surface area contributed by atoms with Crippen molar-refractivity contribution < 1.29 is 27.7 Å². The molecule has 1 fully saturated rings. The third-order valence-electron chi connectivity index (χ3n) is 6.31. The second-order valence-electron chi connectivity index (χ2n) is 8.82. The molecule has 0 aliphatic carbocycles. The number of hydrogen-bond acceptors (Lipinski definition) is 10. The van der Waals surface area contributed by atoms with Gasteiger partial charge in [0, 0.05) is 19.2 Å². The van der Waals surface area contributed by atoms with E-state index >= 15 is 0 Å². The molecular formula is C25H28ClN7O6S. The number of hydrogen-bond donors (Lipinski definition) is 2. The summed E-state index contributed by atoms with van der Waals surface area (Å²) in [5.41, 5.74) is 1.20. The molecule has 0 radical (unpaired) electrons. The van der Waals surface area contributed by atoms with E-state index in [2.05, 4.69) is 24.7 Å². The fraction of sp³-hybridized carbons (Fsp3) is 0.360. The number of aliphatic hydroxyl groups excluding tert-OH is 1. The molecule has 13 nitrogen and oxygen atoms in total. The van der Waals surface area contributed by atoms with E-state index in [1.54, 1.807) is 41.0 Å². The second kappa shape index (κ2) is 11.4. The molecule has 40 heavy (non-hydrogen) atoms. The molecule has 2 N–H and O–H groups in total. The SMILES string of the molecule is CCOc1cccc(-c2nc3nc(Cl)c(NS(=O)(=O)N4CCC(O)CC4)nc3n2-c2c(OC)cccc2OC)n1. The van der Waals surface area contributed by atoms with Crippen molar-refractivity contribution in [2.45, 2.75) is 25.9 Å². The van der Waals surface area contributed by atoms with E-state index in [0.717, 1.165) is 0 Å². The lowest BCUT2D eigenvalue weighted by molar-refractivity contribution is 0.113. The maximum absolute atomic E-state index is 13.2. The van der Waals surface area contributed by atoms with Crippen molar-refractivity contribution in [1.82, 2.24) is 28.8 Å². The Balaban J connectivity index is 1.71. The van der Waals surface area contributed by atoms with Crippen molar-refractivity contribution in [2.75, 3.05) is 38.6 Å². The van der Waals surface area contributed by atoms with Crippen LogP contribution in [-0.2, 0) is 10.2 Å². The number of ether oxygens (including phenoxy) is 3. The number of imidazole rings is 1. The van der Waals surface area contributed by atoms with Crippen molar-refractivity contribution in [1.29, 1.82) is 0 Å². The van der Waals surface area contributed by atoms with Crippen LogP contribution in [0, 0.1) is 0 Å². The second-order valence-corrected chi connectivity index (χ2v) is 10.9. The van der Waals surface area contributed by atoms with Crippen LogP contribution in [0.15, 0.2) is 36.4 Å². The number of anilines is 1. The Morgan fingerprint density at radius 3 is 2.35 bits per heavy atom. The average Bonchev–Trinajstić information content (AvgIpc) is 3.30. The van der Waals surface area contributed by atoms with Gasteiger partial charge in [-0.3, -0.25) is 9.29 Å². The van der Waals surface area contributed by atoms with Gasteiger partial charge in [-0.05, 0) is 38.0 Å². The molecule has 0 unspecified atom stereocenters. The normalized spacial score (nSPS) is 14.8. The van der Waals surface area contributed by atoms with Gasteiger partial charge in [-0.25, -0.2) is 19.9 Å². The van der Waals surface area contributed by atoms with Gasteiger partial charge in [0.1, 0.15) is 22.9 Å². The van der Waals surface area contributed by atoms with E-state index in [4.69, 9.17) is 25.8 Å². The predicted molar refractivity (Wildman–Crippen MR) is 149 cm³/mol. The summed E-state index contributed by atoms with van der Waals surface area (Å²) in [5.74, 6) is 1.40. The molecule has 0 saturated carbocycles. The number of aliphatic hydroxyl groups is 1. The van der Waals surface area contributed by atoms with Gasteiger partial charge < -0.3 is 19.3 Å². The smallest absolute Gasteiger partial charge is 0.302 e. The zero-order valence-corrected chi connectivity index (χ0v) is 23.6. The number of aromatic nitrogens is 5. The largest absolute Gasteiger partial charge is 0.494 e. The number of piperidine rings is 1. The topological polar surface area (TPSA) is 154 Å². The molecule has 0 atom stereocenters. The van der Waals surface area contributed by atoms with Crippen LogP contribution in [-0.4, -0.2) is 82.4 Å². The third kappa shape index (κ3) is 5.35. The fourth-order valence-electron chi connectivity index (χ4n) is 4.41. The van der Waals surface area contributed by atoms with Crippen molar-refractivity contribution in [2.24, 2.45) is 0 Å². The first kappa shape index (κ1) is 27.8. The zero-order chi connectivity index (χ0) is 28.4. The van der Waals surface area contributed by atoms with Gasteiger partial charge in [-0.15, -0.1) is 0 Å². The van der Waals surface area contributed by atoms with Crippen molar-refractivity contribution in [3.63, 3.8) is 0 Å². The van der Waals surface area contributed by atoms with E-state index in [1.807, 2.05) is 6.92 Å². The van der Waals surface area contributed by atoms with Crippen LogP contribution in [0.5, 0.6) is 17.4 Å². The Hall–Kier alpha value is -3.72. The molecule has 0 bridgehead atoms. The van der Waals surface area contributed by atoms with E-state index in [0.29, 0.717) is 54.0 Å². The van der Waals surface area contributed by atoms with Crippen LogP contribution in [0.1, 0.15) is 19.8 Å². The maximum Gasteiger partial charge on any atom is 0.302 e. The van der Waals surface area contributed by atoms with Crippen LogP contribution in [0.2, 0.25) is 5.15 Å². The molecule has 3 aromatic heterocycles. The highest BCUT2D eigenvalue weighted by Crippen LogP contribution is 2.38. The molecular weight excluding hydrogens is 562 g/mol. The average molecular weight is 590 g/mol. The standard InChI is InChI=1S/C25H28ClN7O6S/c1-4-39-19-10-5-7-16(27-19)24-30-23-25(33(24)20-17(37-2)8-6-9-18(20)38-3)29-22(21(26)28-23)31-40(35,36)32-13-11-15(34)12-14-32/h5-10,15,34H,4,11-14H2,1-3H3,(H,29,31). The van der Waals surface area contributed by atoms with Gasteiger partial charge in [-0.2, -0.15) is 12.7 Å². The highest BCUT2D eigenvalue weighted by Gasteiger charge is 2.30. The van der Waals surface area contributed by atoms with Crippen molar-refractivity contribution in [3.8, 4) is 34.6 Å². The van der Waals surface area contributed by atoms with Gasteiger partial charge in [0.15, 0.2) is 28.1 Å². The molecule has 1 aliphatic heterocycles. The fourth-order valence-corrected chi connectivity index (χ4v) is 5.84. The zero-order valence-electron chi connectivity index (χ0n) is 22.0. The number of nitrogens with one attached hydrogen (secondary N) is 1. The van der Waals surface area contributed by atoms with Crippen molar-refractivity contribution in [3.05, 3.63) is 41.6 Å². The highest BCUT2D eigenvalue weighted by molar-refractivity contribution is 7.90. The molecule has 212 valence electrons. The Bertz CT molecular complexity index is 1620. The first-order valence-corrected chi connectivity index (χ1v) is 14.3. The number of benzene rings is 1. The number of nitrogens with zero attached hydrogens (tertiary/aromatic N) is 6. The molecule has 0 amide bonds. The summed E-state index contributed by atoms with van der Waals surface area (Å²) in [6.45, 7) is 2.59. The monoisotopic (exact) mass is 589 g/mol. The highest BCUT2D eigenvalue weighted by atomic mass is 35.5. The number of fused-ring (bicyclic) bond motifs is 1. The molecule has 4 heterocycles. The maximum atomic E-state index is 13.2. The quantitative estimate of drug-likeness (QED) is 0.298. The van der Waals surface area contributed by atoms with Gasteiger partial charge in [-0.1, -0.05) is 23.7 Å².